The molecule has 0 spiro atoms. The molecule has 0 radical (unpaired) electrons. The first-order chi connectivity index (χ1) is 9.88. The van der Waals surface area contributed by atoms with Gasteiger partial charge in [0.15, 0.2) is 0 Å². The number of benzene rings is 1. The minimum absolute atomic E-state index is 0.0426. The Hall–Kier alpha value is -1.52. The van der Waals surface area contributed by atoms with Gasteiger partial charge in [0.1, 0.15) is 0 Å². The average molecular weight is 328 g/mol. The summed E-state index contributed by atoms with van der Waals surface area (Å²) in [6.07, 6.45) is 3.02. The number of nitrogens with zero attached hydrogens (tertiary/aromatic N) is 1. The molecule has 1 N–H and O–H groups in total. The second kappa shape index (κ2) is 6.50. The van der Waals surface area contributed by atoms with Gasteiger partial charge in [0.2, 0.25) is 5.91 Å². The van der Waals surface area contributed by atoms with E-state index in [2.05, 4.69) is 0 Å². The van der Waals surface area contributed by atoms with Crippen molar-refractivity contribution < 1.29 is 14.7 Å². The normalized spacial score (nSPS) is 22.0. The zero-order chi connectivity index (χ0) is 15.6. The molecule has 6 heteroatoms. The Morgan fingerprint density at radius 3 is 2.62 bits per heavy atom. The second-order valence-corrected chi connectivity index (χ2v) is 6.01. The monoisotopic (exact) mass is 327 g/mol. The molecule has 0 saturated carbocycles. The van der Waals surface area contributed by atoms with E-state index in [0.29, 0.717) is 22.2 Å². The number of likely N-dealkylation sites (tertiary alicyclic amines) is 1. The molecule has 1 amide bonds. The van der Waals surface area contributed by atoms with Crippen LogP contribution in [0.2, 0.25) is 10.0 Å². The summed E-state index contributed by atoms with van der Waals surface area (Å²) in [5.41, 5.74) is 0.691. The van der Waals surface area contributed by atoms with Crippen LogP contribution in [0.15, 0.2) is 24.3 Å². The van der Waals surface area contributed by atoms with Crippen molar-refractivity contribution in [2.24, 2.45) is 11.8 Å². The Labute approximate surface area is 133 Å². The Kier molecular flexibility index (Phi) is 4.91. The van der Waals surface area contributed by atoms with E-state index >= 15 is 0 Å². The van der Waals surface area contributed by atoms with Gasteiger partial charge in [0, 0.05) is 29.2 Å². The van der Waals surface area contributed by atoms with Crippen molar-refractivity contribution >= 4 is 41.2 Å². The molecule has 1 fully saturated rings. The van der Waals surface area contributed by atoms with Gasteiger partial charge < -0.3 is 10.0 Å². The van der Waals surface area contributed by atoms with E-state index in [9.17, 15) is 9.59 Å². The molecular weight excluding hydrogens is 313 g/mol. The fourth-order valence-corrected chi connectivity index (χ4v) is 2.84. The van der Waals surface area contributed by atoms with E-state index in [1.54, 1.807) is 29.2 Å². The molecule has 2 rings (SSSR count). The lowest BCUT2D eigenvalue weighted by Gasteiger charge is -2.13. The summed E-state index contributed by atoms with van der Waals surface area (Å²) >= 11 is 11.8. The number of halogens is 2. The number of carboxylic acid groups (broad SMARTS) is 1. The zero-order valence-corrected chi connectivity index (χ0v) is 12.9. The van der Waals surface area contributed by atoms with Crippen molar-refractivity contribution in [3.8, 4) is 0 Å². The molecule has 1 heterocycles. The highest BCUT2D eigenvalue weighted by Crippen LogP contribution is 2.24. The molecule has 1 aromatic rings. The third-order valence-corrected chi connectivity index (χ3v) is 4.17. The van der Waals surface area contributed by atoms with Crippen LogP contribution >= 0.6 is 23.2 Å². The summed E-state index contributed by atoms with van der Waals surface area (Å²) in [6, 6.07) is 5.02. The van der Waals surface area contributed by atoms with Crippen molar-refractivity contribution in [3.05, 3.63) is 39.9 Å². The standard InChI is InChI=1S/C15H15Cl2NO3/c1-9-7-18(8-12(9)15(20)21)14(19)5-3-10-2-4-11(16)6-13(10)17/h2-6,9,12H,7-8H2,1H3,(H,20,21)/b5-3+/t9-,12-/m1/s1. The number of aliphatic carboxylic acids is 1. The van der Waals surface area contributed by atoms with Crippen LogP contribution in [0.3, 0.4) is 0 Å². The molecule has 2 atom stereocenters. The van der Waals surface area contributed by atoms with Crippen molar-refractivity contribution in [1.82, 2.24) is 4.90 Å². The Morgan fingerprint density at radius 2 is 2.05 bits per heavy atom. The van der Waals surface area contributed by atoms with E-state index in [0.717, 1.165) is 0 Å². The first-order valence-electron chi connectivity index (χ1n) is 6.53. The number of carboxylic acids is 1. The highest BCUT2D eigenvalue weighted by Gasteiger charge is 2.36. The van der Waals surface area contributed by atoms with Crippen LogP contribution in [0.4, 0.5) is 0 Å². The molecule has 1 aromatic carbocycles. The van der Waals surface area contributed by atoms with E-state index in [1.165, 1.54) is 6.08 Å². The van der Waals surface area contributed by atoms with Gasteiger partial charge in [0.05, 0.1) is 5.92 Å². The highest BCUT2D eigenvalue weighted by atomic mass is 35.5. The van der Waals surface area contributed by atoms with Crippen LogP contribution in [-0.4, -0.2) is 35.0 Å². The topological polar surface area (TPSA) is 57.6 Å². The van der Waals surface area contributed by atoms with Crippen LogP contribution in [0.5, 0.6) is 0 Å². The molecule has 1 aliphatic heterocycles. The van der Waals surface area contributed by atoms with Crippen LogP contribution in [0.25, 0.3) is 6.08 Å². The van der Waals surface area contributed by atoms with Crippen molar-refractivity contribution in [2.75, 3.05) is 13.1 Å². The lowest BCUT2D eigenvalue weighted by Crippen LogP contribution is -2.28. The number of rotatable bonds is 3. The van der Waals surface area contributed by atoms with E-state index < -0.39 is 11.9 Å². The number of carbonyl (C=O) groups is 2. The van der Waals surface area contributed by atoms with Crippen LogP contribution in [0, 0.1) is 11.8 Å². The fraction of sp³-hybridized carbons (Fsp3) is 0.333. The molecular formula is C15H15Cl2NO3. The van der Waals surface area contributed by atoms with Gasteiger partial charge >= 0.3 is 5.97 Å². The van der Waals surface area contributed by atoms with E-state index in [1.807, 2.05) is 6.92 Å². The minimum Gasteiger partial charge on any atom is -0.481 e. The predicted octanol–water partition coefficient (Wildman–Crippen LogP) is 3.19. The average Bonchev–Trinajstić information content (AvgIpc) is 2.80. The summed E-state index contributed by atoms with van der Waals surface area (Å²) < 4.78 is 0. The van der Waals surface area contributed by atoms with Crippen molar-refractivity contribution in [1.29, 1.82) is 0 Å². The van der Waals surface area contributed by atoms with Gasteiger partial charge in [-0.3, -0.25) is 9.59 Å². The molecule has 1 saturated heterocycles. The number of hydrogen-bond acceptors (Lipinski definition) is 2. The summed E-state index contributed by atoms with van der Waals surface area (Å²) in [7, 11) is 0. The van der Waals surface area contributed by atoms with Gasteiger partial charge in [-0.1, -0.05) is 36.2 Å². The molecule has 0 aromatic heterocycles. The molecule has 112 valence electrons. The van der Waals surface area contributed by atoms with E-state index in [4.69, 9.17) is 28.3 Å². The van der Waals surface area contributed by atoms with Crippen LogP contribution in [-0.2, 0) is 9.59 Å². The molecule has 0 bridgehead atoms. The Balaban J connectivity index is 2.05. The summed E-state index contributed by atoms with van der Waals surface area (Å²) in [4.78, 5) is 24.7. The smallest absolute Gasteiger partial charge is 0.308 e. The lowest BCUT2D eigenvalue weighted by atomic mass is 9.99. The van der Waals surface area contributed by atoms with E-state index in [-0.39, 0.29) is 18.4 Å². The van der Waals surface area contributed by atoms with Gasteiger partial charge in [0.25, 0.3) is 0 Å². The number of amides is 1. The summed E-state index contributed by atoms with van der Waals surface area (Å²) in [5.74, 6) is -1.61. The number of hydrogen-bond donors (Lipinski definition) is 1. The molecule has 0 unspecified atom stereocenters. The van der Waals surface area contributed by atoms with Crippen molar-refractivity contribution in [3.63, 3.8) is 0 Å². The van der Waals surface area contributed by atoms with Gasteiger partial charge in [-0.15, -0.1) is 0 Å². The highest BCUT2D eigenvalue weighted by molar-refractivity contribution is 6.35. The third-order valence-electron chi connectivity index (χ3n) is 3.61. The maximum Gasteiger partial charge on any atom is 0.308 e. The largest absolute Gasteiger partial charge is 0.481 e. The third kappa shape index (κ3) is 3.77. The fourth-order valence-electron chi connectivity index (χ4n) is 2.37. The molecule has 21 heavy (non-hydrogen) atoms. The second-order valence-electron chi connectivity index (χ2n) is 5.16. The quantitative estimate of drug-likeness (QED) is 0.867. The predicted molar refractivity (Wildman–Crippen MR) is 82.4 cm³/mol. The Morgan fingerprint density at radius 1 is 1.33 bits per heavy atom. The van der Waals surface area contributed by atoms with Crippen molar-refractivity contribution in [2.45, 2.75) is 6.92 Å². The first kappa shape index (κ1) is 15.9. The molecule has 0 aliphatic carbocycles. The summed E-state index contributed by atoms with van der Waals surface area (Å²) in [5, 5.41) is 10.1. The first-order valence-corrected chi connectivity index (χ1v) is 7.29. The molecule has 1 aliphatic rings. The Bertz CT molecular complexity index is 601. The summed E-state index contributed by atoms with van der Waals surface area (Å²) in [6.45, 7) is 2.54. The van der Waals surface area contributed by atoms with Gasteiger partial charge in [-0.25, -0.2) is 0 Å². The van der Waals surface area contributed by atoms with Crippen LogP contribution < -0.4 is 0 Å². The van der Waals surface area contributed by atoms with Gasteiger partial charge in [-0.05, 0) is 29.7 Å². The maximum absolute atomic E-state index is 12.1. The number of carbonyl (C=O) groups excluding carboxylic acids is 1. The van der Waals surface area contributed by atoms with Crippen LogP contribution in [0.1, 0.15) is 12.5 Å². The lowest BCUT2D eigenvalue weighted by molar-refractivity contribution is -0.142. The maximum atomic E-state index is 12.1. The SMILES string of the molecule is C[C@@H]1CN(C(=O)/C=C/c2ccc(Cl)cc2Cl)C[C@H]1C(=O)O. The van der Waals surface area contributed by atoms with Gasteiger partial charge in [-0.2, -0.15) is 0 Å². The molecule has 4 nitrogen and oxygen atoms in total. The zero-order valence-electron chi connectivity index (χ0n) is 11.4. The minimum atomic E-state index is -0.859.